The van der Waals surface area contributed by atoms with Crippen LogP contribution in [0.25, 0.3) is 0 Å². The van der Waals surface area contributed by atoms with Crippen molar-refractivity contribution in [3.63, 3.8) is 0 Å². The maximum absolute atomic E-state index is 4.79. The molecular formula is C21H31N3. The Morgan fingerprint density at radius 2 is 1.67 bits per heavy atom. The minimum atomic E-state index is 0.916. The molecule has 2 rings (SSSR count). The predicted octanol–water partition coefficient (Wildman–Crippen LogP) is 4.47. The first kappa shape index (κ1) is 18.5. The molecule has 0 unspecified atom stereocenters. The van der Waals surface area contributed by atoms with Crippen LogP contribution in [0.5, 0.6) is 0 Å². The van der Waals surface area contributed by atoms with Crippen LogP contribution in [-0.4, -0.2) is 19.1 Å². The Balaban J connectivity index is 2.17. The number of hydrogen-bond acceptors (Lipinski definition) is 3. The van der Waals surface area contributed by atoms with Crippen LogP contribution in [0.3, 0.4) is 0 Å². The third-order valence-electron chi connectivity index (χ3n) is 4.48. The maximum atomic E-state index is 4.79. The van der Waals surface area contributed by atoms with E-state index in [-0.39, 0.29) is 0 Å². The number of unbranched alkanes of at least 4 members (excludes halogenated alkanes) is 2. The summed E-state index contributed by atoms with van der Waals surface area (Å²) in [5, 5.41) is 6.45. The number of nitrogens with zero attached hydrogens (tertiary/aromatic N) is 1. The van der Waals surface area contributed by atoms with Gasteiger partial charge < -0.3 is 10.6 Å². The number of pyridine rings is 1. The molecule has 3 nitrogen and oxygen atoms in total. The van der Waals surface area contributed by atoms with Gasteiger partial charge in [0.05, 0.1) is 0 Å². The molecule has 24 heavy (non-hydrogen) atoms. The lowest BCUT2D eigenvalue weighted by molar-refractivity contribution is 0.716. The molecule has 0 amide bonds. The Morgan fingerprint density at radius 1 is 0.958 bits per heavy atom. The van der Waals surface area contributed by atoms with Gasteiger partial charge in [-0.1, -0.05) is 44.0 Å². The highest BCUT2D eigenvalue weighted by molar-refractivity contribution is 5.48. The van der Waals surface area contributed by atoms with E-state index in [1.54, 1.807) is 0 Å². The molecule has 2 aromatic rings. The van der Waals surface area contributed by atoms with E-state index in [1.807, 2.05) is 14.1 Å². The summed E-state index contributed by atoms with van der Waals surface area (Å²) in [5.74, 6) is 1.04. The number of benzene rings is 1. The minimum Gasteiger partial charge on any atom is -0.373 e. The average molecular weight is 326 g/mol. The van der Waals surface area contributed by atoms with Gasteiger partial charge in [-0.2, -0.15) is 0 Å². The van der Waals surface area contributed by atoms with Gasteiger partial charge in [-0.15, -0.1) is 0 Å². The van der Waals surface area contributed by atoms with Crippen LogP contribution in [-0.2, 0) is 19.4 Å². The number of aromatic nitrogens is 1. The fourth-order valence-electron chi connectivity index (χ4n) is 3.04. The molecule has 0 spiro atoms. The summed E-state index contributed by atoms with van der Waals surface area (Å²) in [6.45, 7) is 5.27. The summed E-state index contributed by atoms with van der Waals surface area (Å²) in [7, 11) is 3.94. The van der Waals surface area contributed by atoms with Gasteiger partial charge in [0.1, 0.15) is 5.82 Å². The van der Waals surface area contributed by atoms with Gasteiger partial charge in [0.15, 0.2) is 0 Å². The lowest BCUT2D eigenvalue weighted by Gasteiger charge is -2.14. The van der Waals surface area contributed by atoms with Gasteiger partial charge in [-0.05, 0) is 61.6 Å². The van der Waals surface area contributed by atoms with E-state index >= 15 is 0 Å². The number of rotatable bonds is 9. The smallest absolute Gasteiger partial charge is 0.129 e. The highest BCUT2D eigenvalue weighted by Gasteiger charge is 2.09. The fourth-order valence-corrected chi connectivity index (χ4v) is 3.04. The zero-order valence-corrected chi connectivity index (χ0v) is 15.6. The van der Waals surface area contributed by atoms with E-state index in [9.17, 15) is 0 Å². The second-order valence-electron chi connectivity index (χ2n) is 6.47. The molecule has 0 aliphatic heterocycles. The second kappa shape index (κ2) is 9.43. The van der Waals surface area contributed by atoms with E-state index in [1.165, 1.54) is 41.5 Å². The Morgan fingerprint density at radius 3 is 2.29 bits per heavy atom. The standard InChI is InChI=1S/C21H31N3/c1-5-6-7-8-19-14-20(16(2)24-21(19)23-4)13-17-9-11-18(12-10-17)15-22-3/h9-12,14,22H,5-8,13,15H2,1-4H3,(H,23,24). The van der Waals surface area contributed by atoms with Crippen LogP contribution in [0.4, 0.5) is 5.82 Å². The zero-order valence-electron chi connectivity index (χ0n) is 15.6. The van der Waals surface area contributed by atoms with Crippen molar-refractivity contribution in [3.8, 4) is 0 Å². The molecule has 0 atom stereocenters. The Bertz CT molecular complexity index is 632. The molecular weight excluding hydrogens is 294 g/mol. The molecule has 0 radical (unpaired) electrons. The topological polar surface area (TPSA) is 37.0 Å². The average Bonchev–Trinajstić information content (AvgIpc) is 2.59. The first-order chi connectivity index (χ1) is 11.7. The van der Waals surface area contributed by atoms with Crippen molar-refractivity contribution >= 4 is 5.82 Å². The lowest BCUT2D eigenvalue weighted by Crippen LogP contribution is -2.06. The molecule has 0 aliphatic carbocycles. The van der Waals surface area contributed by atoms with Crippen molar-refractivity contribution in [3.05, 3.63) is 58.3 Å². The first-order valence-electron chi connectivity index (χ1n) is 9.07. The van der Waals surface area contributed by atoms with Crippen molar-refractivity contribution in [2.75, 3.05) is 19.4 Å². The van der Waals surface area contributed by atoms with E-state index in [2.05, 4.69) is 54.8 Å². The normalized spacial score (nSPS) is 10.8. The van der Waals surface area contributed by atoms with E-state index in [0.717, 1.165) is 30.9 Å². The number of hydrogen-bond donors (Lipinski definition) is 2. The van der Waals surface area contributed by atoms with Crippen LogP contribution in [0, 0.1) is 6.92 Å². The van der Waals surface area contributed by atoms with E-state index in [4.69, 9.17) is 4.98 Å². The Labute approximate surface area is 146 Å². The van der Waals surface area contributed by atoms with Gasteiger partial charge in [0.2, 0.25) is 0 Å². The Hall–Kier alpha value is -1.87. The van der Waals surface area contributed by atoms with Crippen molar-refractivity contribution in [2.24, 2.45) is 0 Å². The zero-order chi connectivity index (χ0) is 17.4. The summed E-state index contributed by atoms with van der Waals surface area (Å²) >= 11 is 0. The van der Waals surface area contributed by atoms with Crippen LogP contribution >= 0.6 is 0 Å². The third-order valence-corrected chi connectivity index (χ3v) is 4.48. The van der Waals surface area contributed by atoms with Gasteiger partial charge in [0.25, 0.3) is 0 Å². The molecule has 130 valence electrons. The van der Waals surface area contributed by atoms with Gasteiger partial charge in [-0.3, -0.25) is 0 Å². The molecule has 0 bridgehead atoms. The highest BCUT2D eigenvalue weighted by atomic mass is 15.0. The summed E-state index contributed by atoms with van der Waals surface area (Å²) in [4.78, 5) is 4.79. The highest BCUT2D eigenvalue weighted by Crippen LogP contribution is 2.22. The Kier molecular flexibility index (Phi) is 7.26. The molecule has 1 heterocycles. The van der Waals surface area contributed by atoms with Crippen molar-refractivity contribution < 1.29 is 0 Å². The molecule has 3 heteroatoms. The second-order valence-corrected chi connectivity index (χ2v) is 6.47. The third kappa shape index (κ3) is 5.07. The van der Waals surface area contributed by atoms with Crippen LogP contribution in [0.2, 0.25) is 0 Å². The van der Waals surface area contributed by atoms with Crippen LogP contribution < -0.4 is 10.6 Å². The SMILES string of the molecule is CCCCCc1cc(Cc2ccc(CNC)cc2)c(C)nc1NC. The summed E-state index contributed by atoms with van der Waals surface area (Å²) in [6.07, 6.45) is 5.81. The van der Waals surface area contributed by atoms with Crippen molar-refractivity contribution in [1.29, 1.82) is 0 Å². The largest absolute Gasteiger partial charge is 0.373 e. The van der Waals surface area contributed by atoms with Crippen molar-refractivity contribution in [1.82, 2.24) is 10.3 Å². The van der Waals surface area contributed by atoms with E-state index < -0.39 is 0 Å². The van der Waals surface area contributed by atoms with Crippen LogP contribution in [0.1, 0.15) is 54.1 Å². The van der Waals surface area contributed by atoms with Crippen molar-refractivity contribution in [2.45, 2.75) is 52.5 Å². The number of aryl methyl sites for hydroxylation is 2. The lowest BCUT2D eigenvalue weighted by atomic mass is 9.99. The fraction of sp³-hybridized carbons (Fsp3) is 0.476. The first-order valence-corrected chi connectivity index (χ1v) is 9.07. The quantitative estimate of drug-likeness (QED) is 0.668. The molecule has 1 aromatic carbocycles. The van der Waals surface area contributed by atoms with Crippen LogP contribution in [0.15, 0.2) is 30.3 Å². The molecule has 2 N–H and O–H groups in total. The van der Waals surface area contributed by atoms with Gasteiger partial charge in [0, 0.05) is 19.3 Å². The van der Waals surface area contributed by atoms with Gasteiger partial charge in [-0.25, -0.2) is 4.98 Å². The number of anilines is 1. The van der Waals surface area contributed by atoms with E-state index in [0.29, 0.717) is 0 Å². The molecule has 0 saturated carbocycles. The molecule has 0 saturated heterocycles. The summed E-state index contributed by atoms with van der Waals surface area (Å²) in [5.41, 5.74) is 6.47. The molecule has 1 aromatic heterocycles. The molecule has 0 aliphatic rings. The summed E-state index contributed by atoms with van der Waals surface area (Å²) < 4.78 is 0. The monoisotopic (exact) mass is 325 g/mol. The minimum absolute atomic E-state index is 0.916. The maximum Gasteiger partial charge on any atom is 0.129 e. The van der Waals surface area contributed by atoms with Gasteiger partial charge >= 0.3 is 0 Å². The molecule has 0 fully saturated rings. The number of nitrogens with one attached hydrogen (secondary N) is 2. The predicted molar refractivity (Wildman–Crippen MR) is 104 cm³/mol. The summed E-state index contributed by atoms with van der Waals surface area (Å²) in [6, 6.07) is 11.2.